The molecule has 5 N–H and O–H groups in total. The first kappa shape index (κ1) is 16.6. The minimum atomic E-state index is -1.10. The molecule has 0 rings (SSSR count). The fourth-order valence-electron chi connectivity index (χ4n) is 0.667. The molecule has 0 aliphatic heterocycles. The van der Waals surface area contributed by atoms with E-state index in [0.29, 0.717) is 12.7 Å². The monoisotopic (exact) mass is 217 g/mol. The Hall–Kier alpha value is -0.845. The second kappa shape index (κ2) is 11.2. The molecule has 0 fully saturated rings. The molecule has 5 nitrogen and oxygen atoms in total. The molecule has 0 radical (unpaired) electrons. The molecule has 15 heavy (non-hydrogen) atoms. The van der Waals surface area contributed by atoms with E-state index in [2.05, 4.69) is 6.58 Å². The number of unbranched alkanes of at least 4 members (excludes halogenated alkanes) is 1. The third-order valence-corrected chi connectivity index (χ3v) is 1.55. The Labute approximate surface area is 90.8 Å². The van der Waals surface area contributed by atoms with E-state index in [1.54, 1.807) is 0 Å². The number of nitrogens with two attached hydrogens (primary N) is 1. The summed E-state index contributed by atoms with van der Waals surface area (Å²) in [6, 6.07) is -0.785. The maximum atomic E-state index is 9.92. The van der Waals surface area contributed by atoms with Gasteiger partial charge in [-0.2, -0.15) is 0 Å². The molecule has 0 amide bonds. The highest BCUT2D eigenvalue weighted by atomic mass is 16.4. The van der Waals surface area contributed by atoms with Crippen molar-refractivity contribution >= 4 is 13.1 Å². The number of carboxylic acids is 1. The molecule has 1 atom stereocenters. The SMILES string of the molecule is C=CC[C@@H](N)C(=O)O.CCCCB(O)O. The summed E-state index contributed by atoms with van der Waals surface area (Å²) in [7, 11) is -1.10. The lowest BCUT2D eigenvalue weighted by molar-refractivity contribution is -0.138. The standard InChI is InChI=1S/C5H9NO2.C4H11BO2/c1-2-3-4(6)5(7)8;1-2-3-4-5(6)7/h2,4H,1,3,6H2,(H,7,8);6-7H,2-4H2,1H3/t4-;/m1./s1. The third kappa shape index (κ3) is 15.9. The molecule has 6 heteroatoms. The summed E-state index contributed by atoms with van der Waals surface area (Å²) in [6.07, 6.45) is 4.25. The number of hydrogen-bond acceptors (Lipinski definition) is 4. The second-order valence-corrected chi connectivity index (χ2v) is 3.09. The van der Waals surface area contributed by atoms with Gasteiger partial charge in [-0.3, -0.25) is 4.79 Å². The minimum absolute atomic E-state index is 0.329. The molecule has 0 aliphatic rings. The van der Waals surface area contributed by atoms with Crippen molar-refractivity contribution in [2.24, 2.45) is 5.73 Å². The van der Waals surface area contributed by atoms with Crippen molar-refractivity contribution in [3.8, 4) is 0 Å². The molecule has 0 aromatic carbocycles. The Morgan fingerprint density at radius 1 is 1.60 bits per heavy atom. The first-order valence-electron chi connectivity index (χ1n) is 4.91. The first-order valence-corrected chi connectivity index (χ1v) is 4.91. The topological polar surface area (TPSA) is 104 Å². The lowest BCUT2D eigenvalue weighted by Gasteiger charge is -1.98. The van der Waals surface area contributed by atoms with Crippen LogP contribution >= 0.6 is 0 Å². The van der Waals surface area contributed by atoms with Gasteiger partial charge in [-0.15, -0.1) is 6.58 Å². The van der Waals surface area contributed by atoms with Crippen LogP contribution in [0.1, 0.15) is 26.2 Å². The van der Waals surface area contributed by atoms with Crippen molar-refractivity contribution in [3.63, 3.8) is 0 Å². The number of carboxylic acid groups (broad SMARTS) is 1. The molecule has 0 unspecified atom stereocenters. The van der Waals surface area contributed by atoms with Crippen LogP contribution in [-0.4, -0.2) is 34.3 Å². The van der Waals surface area contributed by atoms with Gasteiger partial charge >= 0.3 is 13.1 Å². The van der Waals surface area contributed by atoms with Gasteiger partial charge in [0.25, 0.3) is 0 Å². The number of aliphatic carboxylic acids is 1. The summed E-state index contributed by atoms with van der Waals surface area (Å²) in [5.74, 6) is -0.982. The van der Waals surface area contributed by atoms with E-state index in [9.17, 15) is 4.79 Å². The van der Waals surface area contributed by atoms with Crippen LogP contribution in [0.15, 0.2) is 12.7 Å². The van der Waals surface area contributed by atoms with E-state index in [-0.39, 0.29) is 0 Å². The minimum Gasteiger partial charge on any atom is -0.480 e. The van der Waals surface area contributed by atoms with Crippen LogP contribution in [0.5, 0.6) is 0 Å². The van der Waals surface area contributed by atoms with Crippen molar-refractivity contribution < 1.29 is 19.9 Å². The molecule has 0 heterocycles. The van der Waals surface area contributed by atoms with Crippen LogP contribution in [0, 0.1) is 0 Å². The Bertz CT molecular complexity index is 175. The van der Waals surface area contributed by atoms with Crippen LogP contribution in [-0.2, 0) is 4.79 Å². The van der Waals surface area contributed by atoms with Gasteiger partial charge in [-0.05, 0) is 12.7 Å². The van der Waals surface area contributed by atoms with E-state index >= 15 is 0 Å². The zero-order chi connectivity index (χ0) is 12.3. The maximum absolute atomic E-state index is 9.92. The van der Waals surface area contributed by atoms with Crippen LogP contribution in [0.2, 0.25) is 6.32 Å². The molecule has 0 saturated carbocycles. The third-order valence-electron chi connectivity index (χ3n) is 1.55. The van der Waals surface area contributed by atoms with Crippen LogP contribution < -0.4 is 5.73 Å². The zero-order valence-electron chi connectivity index (χ0n) is 9.09. The van der Waals surface area contributed by atoms with Gasteiger partial charge in [0.2, 0.25) is 0 Å². The Balaban J connectivity index is 0. The van der Waals surface area contributed by atoms with Gasteiger partial charge in [0.15, 0.2) is 0 Å². The summed E-state index contributed by atoms with van der Waals surface area (Å²) in [5.41, 5.74) is 5.06. The van der Waals surface area contributed by atoms with E-state index in [4.69, 9.17) is 20.9 Å². The molecule has 0 bridgehead atoms. The molecule has 0 spiro atoms. The van der Waals surface area contributed by atoms with Crippen molar-refractivity contribution in [2.75, 3.05) is 0 Å². The average molecular weight is 217 g/mol. The smallest absolute Gasteiger partial charge is 0.451 e. The van der Waals surface area contributed by atoms with Gasteiger partial charge in [0.05, 0.1) is 0 Å². The lowest BCUT2D eigenvalue weighted by Crippen LogP contribution is -2.28. The number of hydrogen-bond donors (Lipinski definition) is 4. The molecule has 0 aromatic rings. The highest BCUT2D eigenvalue weighted by Crippen LogP contribution is 1.94. The maximum Gasteiger partial charge on any atom is 0.451 e. The Morgan fingerprint density at radius 3 is 2.27 bits per heavy atom. The summed E-state index contributed by atoms with van der Waals surface area (Å²) in [4.78, 5) is 9.92. The predicted octanol–water partition coefficient (Wildman–Crippen LogP) is 0.234. The molecule has 0 aromatic heterocycles. The summed E-state index contributed by atoms with van der Waals surface area (Å²) < 4.78 is 0. The van der Waals surface area contributed by atoms with Crippen LogP contribution in [0.25, 0.3) is 0 Å². The van der Waals surface area contributed by atoms with E-state index < -0.39 is 19.1 Å². The van der Waals surface area contributed by atoms with Gasteiger partial charge in [-0.25, -0.2) is 0 Å². The van der Waals surface area contributed by atoms with Crippen molar-refractivity contribution in [1.29, 1.82) is 0 Å². The van der Waals surface area contributed by atoms with Gasteiger partial charge < -0.3 is 20.9 Å². The molecule has 0 saturated heterocycles. The van der Waals surface area contributed by atoms with Crippen LogP contribution in [0.4, 0.5) is 0 Å². The lowest BCUT2D eigenvalue weighted by atomic mass is 9.84. The van der Waals surface area contributed by atoms with Gasteiger partial charge in [0.1, 0.15) is 6.04 Å². The fraction of sp³-hybridized carbons (Fsp3) is 0.667. The molecule has 88 valence electrons. The van der Waals surface area contributed by atoms with Crippen molar-refractivity contribution in [2.45, 2.75) is 38.5 Å². The fourth-order valence-corrected chi connectivity index (χ4v) is 0.667. The van der Waals surface area contributed by atoms with Crippen molar-refractivity contribution in [1.82, 2.24) is 0 Å². The average Bonchev–Trinajstić information content (AvgIpc) is 2.16. The second-order valence-electron chi connectivity index (χ2n) is 3.09. The van der Waals surface area contributed by atoms with Crippen molar-refractivity contribution in [3.05, 3.63) is 12.7 Å². The summed E-state index contributed by atoms with van der Waals surface area (Å²) >= 11 is 0. The zero-order valence-corrected chi connectivity index (χ0v) is 9.09. The quantitative estimate of drug-likeness (QED) is 0.376. The first-order chi connectivity index (χ1) is 6.95. The molecular weight excluding hydrogens is 197 g/mol. The Kier molecular flexibility index (Phi) is 12.4. The summed E-state index contributed by atoms with van der Waals surface area (Å²) in [5, 5.41) is 24.6. The normalized spacial score (nSPS) is 10.9. The number of carbonyl (C=O) groups is 1. The highest BCUT2D eigenvalue weighted by molar-refractivity contribution is 6.40. The van der Waals surface area contributed by atoms with E-state index in [1.165, 1.54) is 6.08 Å². The Morgan fingerprint density at radius 2 is 2.13 bits per heavy atom. The predicted molar refractivity (Wildman–Crippen MR) is 60.3 cm³/mol. The largest absolute Gasteiger partial charge is 0.480 e. The number of rotatable bonds is 6. The van der Waals surface area contributed by atoms with E-state index in [1.807, 2.05) is 6.92 Å². The van der Waals surface area contributed by atoms with Gasteiger partial charge in [-0.1, -0.05) is 25.8 Å². The highest BCUT2D eigenvalue weighted by Gasteiger charge is 2.06. The molecular formula is C9H20BNO4. The van der Waals surface area contributed by atoms with Crippen LogP contribution in [0.3, 0.4) is 0 Å². The molecule has 0 aliphatic carbocycles. The summed E-state index contributed by atoms with van der Waals surface area (Å²) in [6.45, 7) is 5.36. The van der Waals surface area contributed by atoms with E-state index in [0.717, 1.165) is 12.8 Å². The van der Waals surface area contributed by atoms with Gasteiger partial charge in [0, 0.05) is 0 Å².